The standard InChI is InChI=1S/C18H15F3N2O3S/c1-11-3-5-12(6-4-11)22-27(25,26)13-7-8-16-14(9-13)15(18(19,20)21)10-17(24)23(16)2/h3-10,22H,1-2H3. The van der Waals surface area contributed by atoms with E-state index in [1.165, 1.54) is 19.2 Å². The first-order valence-corrected chi connectivity index (χ1v) is 9.28. The number of nitrogens with one attached hydrogen (secondary N) is 1. The second-order valence-electron chi connectivity index (χ2n) is 6.10. The second kappa shape index (κ2) is 6.41. The van der Waals surface area contributed by atoms with Gasteiger partial charge in [-0.05, 0) is 37.3 Å². The third kappa shape index (κ3) is 3.68. The molecule has 1 heterocycles. The van der Waals surface area contributed by atoms with Gasteiger partial charge in [-0.3, -0.25) is 9.52 Å². The SMILES string of the molecule is Cc1ccc(NS(=O)(=O)c2ccc3c(c2)c(C(F)(F)F)cc(=O)n3C)cc1. The number of pyridine rings is 1. The number of hydrogen-bond donors (Lipinski definition) is 1. The summed E-state index contributed by atoms with van der Waals surface area (Å²) >= 11 is 0. The zero-order chi connectivity index (χ0) is 20.0. The van der Waals surface area contributed by atoms with Crippen LogP contribution in [0.25, 0.3) is 10.9 Å². The number of nitrogens with zero attached hydrogens (tertiary/aromatic N) is 1. The number of fused-ring (bicyclic) bond motifs is 1. The first kappa shape index (κ1) is 19.0. The van der Waals surface area contributed by atoms with Crippen molar-refractivity contribution in [3.05, 3.63) is 70.0 Å². The van der Waals surface area contributed by atoms with E-state index < -0.39 is 27.3 Å². The highest BCUT2D eigenvalue weighted by molar-refractivity contribution is 7.92. The topological polar surface area (TPSA) is 68.2 Å². The van der Waals surface area contributed by atoms with E-state index in [0.29, 0.717) is 6.07 Å². The molecule has 9 heteroatoms. The quantitative estimate of drug-likeness (QED) is 0.735. The van der Waals surface area contributed by atoms with E-state index in [0.717, 1.165) is 16.2 Å². The Labute approximate surface area is 153 Å². The molecular formula is C18H15F3N2O3S. The highest BCUT2D eigenvalue weighted by Crippen LogP contribution is 2.34. The highest BCUT2D eigenvalue weighted by Gasteiger charge is 2.34. The van der Waals surface area contributed by atoms with E-state index in [9.17, 15) is 26.4 Å². The molecule has 0 aliphatic rings. The third-order valence-electron chi connectivity index (χ3n) is 4.14. The lowest BCUT2D eigenvalue weighted by Gasteiger charge is -2.14. The summed E-state index contributed by atoms with van der Waals surface area (Å²) in [7, 11) is -2.78. The van der Waals surface area contributed by atoms with Gasteiger partial charge in [0, 0.05) is 24.2 Å². The fraction of sp³-hybridized carbons (Fsp3) is 0.167. The van der Waals surface area contributed by atoms with Crippen LogP contribution in [-0.4, -0.2) is 13.0 Å². The Kier molecular flexibility index (Phi) is 4.51. The Morgan fingerprint density at radius 2 is 1.63 bits per heavy atom. The molecule has 0 spiro atoms. The van der Waals surface area contributed by atoms with Crippen LogP contribution in [0.2, 0.25) is 0 Å². The molecule has 1 N–H and O–H groups in total. The first-order valence-electron chi connectivity index (χ1n) is 7.79. The molecule has 0 aliphatic heterocycles. The van der Waals surface area contributed by atoms with Gasteiger partial charge in [-0.25, -0.2) is 8.42 Å². The van der Waals surface area contributed by atoms with Gasteiger partial charge < -0.3 is 4.57 Å². The molecule has 2 aromatic carbocycles. The van der Waals surface area contributed by atoms with Crippen molar-refractivity contribution < 1.29 is 21.6 Å². The van der Waals surface area contributed by atoms with Crippen molar-refractivity contribution >= 4 is 26.6 Å². The van der Waals surface area contributed by atoms with Crippen LogP contribution in [0.4, 0.5) is 18.9 Å². The van der Waals surface area contributed by atoms with E-state index >= 15 is 0 Å². The number of rotatable bonds is 3. The predicted octanol–water partition coefficient (Wildman–Crippen LogP) is 3.67. The molecular weight excluding hydrogens is 381 g/mol. The van der Waals surface area contributed by atoms with Gasteiger partial charge in [-0.15, -0.1) is 0 Å². The van der Waals surface area contributed by atoms with Crippen molar-refractivity contribution in [1.82, 2.24) is 4.57 Å². The van der Waals surface area contributed by atoms with Crippen molar-refractivity contribution in [2.24, 2.45) is 7.05 Å². The highest BCUT2D eigenvalue weighted by atomic mass is 32.2. The van der Waals surface area contributed by atoms with Gasteiger partial charge in [0.2, 0.25) is 0 Å². The lowest BCUT2D eigenvalue weighted by atomic mass is 10.1. The average molecular weight is 396 g/mol. The maximum Gasteiger partial charge on any atom is 0.417 e. The predicted molar refractivity (Wildman–Crippen MR) is 96.2 cm³/mol. The van der Waals surface area contributed by atoms with Crippen molar-refractivity contribution in [2.45, 2.75) is 18.0 Å². The van der Waals surface area contributed by atoms with Crippen molar-refractivity contribution in [2.75, 3.05) is 4.72 Å². The smallest absolute Gasteiger partial charge is 0.311 e. The molecule has 27 heavy (non-hydrogen) atoms. The number of alkyl halides is 3. The zero-order valence-electron chi connectivity index (χ0n) is 14.3. The summed E-state index contributed by atoms with van der Waals surface area (Å²) in [6.07, 6.45) is -4.79. The maximum atomic E-state index is 13.3. The van der Waals surface area contributed by atoms with Crippen LogP contribution >= 0.6 is 0 Å². The molecule has 0 unspecified atom stereocenters. The van der Waals surface area contributed by atoms with Gasteiger partial charge in [0.25, 0.3) is 15.6 Å². The van der Waals surface area contributed by atoms with Gasteiger partial charge in [0.1, 0.15) is 0 Å². The van der Waals surface area contributed by atoms with Crippen LogP contribution in [0.1, 0.15) is 11.1 Å². The van der Waals surface area contributed by atoms with Crippen molar-refractivity contribution in [3.63, 3.8) is 0 Å². The van der Waals surface area contributed by atoms with Crippen LogP contribution in [0.15, 0.2) is 58.2 Å². The summed E-state index contributed by atoms with van der Waals surface area (Å²) in [5.41, 5.74) is -0.795. The van der Waals surface area contributed by atoms with Crippen LogP contribution in [-0.2, 0) is 23.2 Å². The Morgan fingerprint density at radius 3 is 2.22 bits per heavy atom. The van der Waals surface area contributed by atoms with E-state index in [1.54, 1.807) is 24.3 Å². The fourth-order valence-electron chi connectivity index (χ4n) is 2.68. The van der Waals surface area contributed by atoms with E-state index in [4.69, 9.17) is 0 Å². The second-order valence-corrected chi connectivity index (χ2v) is 7.79. The molecule has 0 aliphatic carbocycles. The number of anilines is 1. The summed E-state index contributed by atoms with van der Waals surface area (Å²) in [6, 6.07) is 10.3. The van der Waals surface area contributed by atoms with Crippen molar-refractivity contribution in [1.29, 1.82) is 0 Å². The fourth-order valence-corrected chi connectivity index (χ4v) is 3.76. The van der Waals surface area contributed by atoms with Crippen LogP contribution < -0.4 is 10.3 Å². The summed E-state index contributed by atoms with van der Waals surface area (Å²) in [4.78, 5) is 11.4. The molecule has 0 saturated carbocycles. The van der Waals surface area contributed by atoms with Gasteiger partial charge in [0.15, 0.2) is 0 Å². The van der Waals surface area contributed by atoms with Gasteiger partial charge >= 0.3 is 6.18 Å². The number of aromatic nitrogens is 1. The molecule has 0 amide bonds. The van der Waals surface area contributed by atoms with Crippen LogP contribution in [0, 0.1) is 6.92 Å². The van der Waals surface area contributed by atoms with Crippen LogP contribution in [0.5, 0.6) is 0 Å². The summed E-state index contributed by atoms with van der Waals surface area (Å²) in [6.45, 7) is 1.84. The Hall–Kier alpha value is -2.81. The lowest BCUT2D eigenvalue weighted by Crippen LogP contribution is -2.21. The minimum Gasteiger partial charge on any atom is -0.311 e. The number of benzene rings is 2. The lowest BCUT2D eigenvalue weighted by molar-refractivity contribution is -0.136. The van der Waals surface area contributed by atoms with Gasteiger partial charge in [0.05, 0.1) is 16.0 Å². The third-order valence-corrected chi connectivity index (χ3v) is 5.52. The van der Waals surface area contributed by atoms with E-state index in [-0.39, 0.29) is 21.5 Å². The molecule has 0 bridgehead atoms. The Morgan fingerprint density at radius 1 is 1.00 bits per heavy atom. The molecule has 0 radical (unpaired) electrons. The maximum absolute atomic E-state index is 13.3. The summed E-state index contributed by atoms with van der Waals surface area (Å²) in [5.74, 6) is 0. The average Bonchev–Trinajstić information content (AvgIpc) is 2.58. The Bertz CT molecular complexity index is 1180. The molecule has 142 valence electrons. The summed E-state index contributed by atoms with van der Waals surface area (Å²) in [5, 5.41) is -0.364. The van der Waals surface area contributed by atoms with E-state index in [2.05, 4.69) is 4.72 Å². The largest absolute Gasteiger partial charge is 0.417 e. The van der Waals surface area contributed by atoms with E-state index in [1.807, 2.05) is 6.92 Å². The normalized spacial score (nSPS) is 12.3. The number of hydrogen-bond acceptors (Lipinski definition) is 3. The monoisotopic (exact) mass is 396 g/mol. The van der Waals surface area contributed by atoms with Gasteiger partial charge in [-0.2, -0.15) is 13.2 Å². The molecule has 1 aromatic heterocycles. The first-order chi connectivity index (χ1) is 12.5. The molecule has 5 nitrogen and oxygen atoms in total. The number of sulfonamides is 1. The molecule has 0 atom stereocenters. The Balaban J connectivity index is 2.17. The minimum atomic E-state index is -4.79. The summed E-state index contributed by atoms with van der Waals surface area (Å²) < 4.78 is 68.5. The molecule has 3 rings (SSSR count). The number of halogens is 3. The van der Waals surface area contributed by atoms with Crippen LogP contribution in [0.3, 0.4) is 0 Å². The molecule has 0 fully saturated rings. The number of aryl methyl sites for hydroxylation is 2. The minimum absolute atomic E-state index is 0.0101. The zero-order valence-corrected chi connectivity index (χ0v) is 15.1. The molecule has 3 aromatic rings. The van der Waals surface area contributed by atoms with Gasteiger partial charge in [-0.1, -0.05) is 17.7 Å². The van der Waals surface area contributed by atoms with Crippen molar-refractivity contribution in [3.8, 4) is 0 Å². The molecule has 0 saturated heterocycles.